The monoisotopic (exact) mass is 675 g/mol. The van der Waals surface area contributed by atoms with Gasteiger partial charge in [0.25, 0.3) is 0 Å². The predicted octanol–water partition coefficient (Wildman–Crippen LogP) is 13.1. The van der Waals surface area contributed by atoms with Crippen LogP contribution in [0.3, 0.4) is 0 Å². The van der Waals surface area contributed by atoms with Gasteiger partial charge in [-0.15, -0.1) is 0 Å². The molecule has 9 aromatic carbocycles. The second kappa shape index (κ2) is 11.7. The fraction of sp³-hybridized carbons (Fsp3) is 0. The van der Waals surface area contributed by atoms with Crippen molar-refractivity contribution < 1.29 is 4.42 Å². The predicted molar refractivity (Wildman–Crippen MR) is 219 cm³/mol. The smallest absolute Gasteiger partial charge is 0.164 e. The minimum absolute atomic E-state index is 0.617. The third kappa shape index (κ3) is 4.88. The Kier molecular flexibility index (Phi) is 6.52. The standard InChI is InChI=1S/C49H29N3O/c1-2-10-30(11-3-1)38-24-25-42(40-15-7-6-14-39(38)40)49-51-47(34-23-21-33-27-44-41-16-8-9-17-45(41)53-46(44)29-36(33)26-34)50-48(52-49)35-22-20-32-19-18-31-12-4-5-13-37(31)43(32)28-35/h1-29H. The van der Waals surface area contributed by atoms with Crippen molar-refractivity contribution in [3.05, 3.63) is 176 Å². The van der Waals surface area contributed by atoms with Gasteiger partial charge in [-0.1, -0.05) is 140 Å². The van der Waals surface area contributed by atoms with E-state index in [4.69, 9.17) is 19.4 Å². The largest absolute Gasteiger partial charge is 0.456 e. The van der Waals surface area contributed by atoms with Crippen molar-refractivity contribution in [1.29, 1.82) is 0 Å². The Balaban J connectivity index is 1.14. The number of para-hydroxylation sites is 1. The SMILES string of the molecule is c1ccc(-c2ccc(-c3nc(-c4ccc5cc6c(cc5c4)oc4ccccc46)nc(-c4ccc5ccc6ccccc6c5c4)n3)c3ccccc23)cc1. The number of nitrogens with zero attached hydrogens (tertiary/aromatic N) is 3. The van der Waals surface area contributed by atoms with Gasteiger partial charge in [0.05, 0.1) is 0 Å². The van der Waals surface area contributed by atoms with Crippen LogP contribution in [0, 0.1) is 0 Å². The number of hydrogen-bond acceptors (Lipinski definition) is 4. The highest BCUT2D eigenvalue weighted by Crippen LogP contribution is 2.38. The molecule has 0 N–H and O–H groups in total. The highest BCUT2D eigenvalue weighted by molar-refractivity contribution is 6.11. The van der Waals surface area contributed by atoms with Gasteiger partial charge in [-0.25, -0.2) is 15.0 Å². The Hall–Kier alpha value is -7.17. The molecule has 0 fully saturated rings. The highest BCUT2D eigenvalue weighted by atomic mass is 16.3. The number of aromatic nitrogens is 3. The van der Waals surface area contributed by atoms with Crippen LogP contribution in [-0.4, -0.2) is 15.0 Å². The number of fused-ring (bicyclic) bond motifs is 8. The average Bonchev–Trinajstić information content (AvgIpc) is 3.59. The van der Waals surface area contributed by atoms with E-state index in [2.05, 4.69) is 164 Å². The molecule has 0 saturated carbocycles. The van der Waals surface area contributed by atoms with Crippen molar-refractivity contribution in [3.8, 4) is 45.3 Å². The van der Waals surface area contributed by atoms with E-state index in [-0.39, 0.29) is 0 Å². The van der Waals surface area contributed by atoms with Crippen LogP contribution >= 0.6 is 0 Å². The van der Waals surface area contributed by atoms with E-state index in [0.29, 0.717) is 17.5 Å². The zero-order valence-corrected chi connectivity index (χ0v) is 28.5. The summed E-state index contributed by atoms with van der Waals surface area (Å²) < 4.78 is 6.27. The van der Waals surface area contributed by atoms with Crippen LogP contribution in [0.25, 0.3) is 110 Å². The molecule has 0 unspecified atom stereocenters. The van der Waals surface area contributed by atoms with Gasteiger partial charge >= 0.3 is 0 Å². The third-order valence-corrected chi connectivity index (χ3v) is 10.5. The zero-order valence-electron chi connectivity index (χ0n) is 28.5. The van der Waals surface area contributed by atoms with Crippen molar-refractivity contribution in [1.82, 2.24) is 15.0 Å². The van der Waals surface area contributed by atoms with Crippen LogP contribution in [0.2, 0.25) is 0 Å². The van der Waals surface area contributed by atoms with Gasteiger partial charge in [0.15, 0.2) is 17.5 Å². The molecule has 0 aliphatic rings. The summed E-state index contributed by atoms with van der Waals surface area (Å²) in [6, 6.07) is 61.7. The molecule has 0 spiro atoms. The topological polar surface area (TPSA) is 51.8 Å². The van der Waals surface area contributed by atoms with Crippen molar-refractivity contribution in [2.24, 2.45) is 0 Å². The van der Waals surface area contributed by atoms with Gasteiger partial charge in [0.1, 0.15) is 11.2 Å². The molecule has 4 heteroatoms. The van der Waals surface area contributed by atoms with Gasteiger partial charge in [0, 0.05) is 27.5 Å². The van der Waals surface area contributed by atoms with Gasteiger partial charge in [0.2, 0.25) is 0 Å². The van der Waals surface area contributed by atoms with E-state index in [1.165, 1.54) is 32.7 Å². The van der Waals surface area contributed by atoms with Crippen molar-refractivity contribution in [3.63, 3.8) is 0 Å². The molecule has 2 aromatic heterocycles. The molecule has 53 heavy (non-hydrogen) atoms. The molecule has 0 bridgehead atoms. The Morgan fingerprint density at radius 1 is 0.283 bits per heavy atom. The maximum atomic E-state index is 6.27. The van der Waals surface area contributed by atoms with E-state index >= 15 is 0 Å². The van der Waals surface area contributed by atoms with E-state index in [9.17, 15) is 0 Å². The Morgan fingerprint density at radius 3 is 1.68 bits per heavy atom. The molecular formula is C49H29N3O. The summed E-state index contributed by atoms with van der Waals surface area (Å²) in [5, 5.41) is 11.4. The second-order valence-electron chi connectivity index (χ2n) is 13.6. The molecule has 0 radical (unpaired) electrons. The quantitative estimate of drug-likeness (QED) is 0.174. The minimum atomic E-state index is 0.617. The summed E-state index contributed by atoms with van der Waals surface area (Å²) in [4.78, 5) is 15.6. The molecule has 2 heterocycles. The molecular weight excluding hydrogens is 647 g/mol. The number of furan rings is 1. The number of benzene rings is 9. The van der Waals surface area contributed by atoms with Gasteiger partial charge < -0.3 is 4.42 Å². The third-order valence-electron chi connectivity index (χ3n) is 10.5. The first-order chi connectivity index (χ1) is 26.2. The summed E-state index contributed by atoms with van der Waals surface area (Å²) in [5.41, 5.74) is 6.90. The number of hydrogen-bond donors (Lipinski definition) is 0. The van der Waals surface area contributed by atoms with E-state index < -0.39 is 0 Å². The summed E-state index contributed by atoms with van der Waals surface area (Å²) in [7, 11) is 0. The lowest BCUT2D eigenvalue weighted by atomic mass is 9.94. The summed E-state index contributed by atoms with van der Waals surface area (Å²) in [6.45, 7) is 0. The Labute approximate surface area is 304 Å². The summed E-state index contributed by atoms with van der Waals surface area (Å²) >= 11 is 0. The van der Waals surface area contributed by atoms with Crippen LogP contribution in [-0.2, 0) is 0 Å². The zero-order chi connectivity index (χ0) is 34.9. The lowest BCUT2D eigenvalue weighted by molar-refractivity contribution is 0.669. The normalized spacial score (nSPS) is 11.8. The maximum absolute atomic E-state index is 6.27. The Bertz CT molecular complexity index is 3240. The van der Waals surface area contributed by atoms with E-state index in [1.54, 1.807) is 0 Å². The molecule has 11 aromatic rings. The maximum Gasteiger partial charge on any atom is 0.164 e. The highest BCUT2D eigenvalue weighted by Gasteiger charge is 2.17. The summed E-state index contributed by atoms with van der Waals surface area (Å²) in [5.74, 6) is 1.88. The van der Waals surface area contributed by atoms with Crippen LogP contribution in [0.15, 0.2) is 180 Å². The average molecular weight is 676 g/mol. The molecule has 4 nitrogen and oxygen atoms in total. The van der Waals surface area contributed by atoms with Crippen molar-refractivity contribution in [2.45, 2.75) is 0 Å². The van der Waals surface area contributed by atoms with Gasteiger partial charge in [-0.3, -0.25) is 0 Å². The molecule has 0 amide bonds. The lowest BCUT2D eigenvalue weighted by Gasteiger charge is -2.13. The first kappa shape index (κ1) is 29.5. The molecule has 11 rings (SSSR count). The van der Waals surface area contributed by atoms with E-state index in [1.807, 2.05) is 12.1 Å². The van der Waals surface area contributed by atoms with E-state index in [0.717, 1.165) is 60.2 Å². The van der Waals surface area contributed by atoms with Crippen LogP contribution in [0.5, 0.6) is 0 Å². The van der Waals surface area contributed by atoms with Crippen LogP contribution in [0.4, 0.5) is 0 Å². The molecule has 0 saturated heterocycles. The van der Waals surface area contributed by atoms with Crippen LogP contribution < -0.4 is 0 Å². The first-order valence-corrected chi connectivity index (χ1v) is 17.8. The molecule has 0 aliphatic heterocycles. The lowest BCUT2D eigenvalue weighted by Crippen LogP contribution is -2.01. The first-order valence-electron chi connectivity index (χ1n) is 17.8. The fourth-order valence-corrected chi connectivity index (χ4v) is 7.87. The van der Waals surface area contributed by atoms with Gasteiger partial charge in [-0.2, -0.15) is 0 Å². The molecule has 0 atom stereocenters. The van der Waals surface area contributed by atoms with Crippen molar-refractivity contribution >= 4 is 65.0 Å². The van der Waals surface area contributed by atoms with Gasteiger partial charge in [-0.05, 0) is 90.6 Å². The summed E-state index contributed by atoms with van der Waals surface area (Å²) in [6.07, 6.45) is 0. The fourth-order valence-electron chi connectivity index (χ4n) is 7.87. The minimum Gasteiger partial charge on any atom is -0.456 e. The number of rotatable bonds is 4. The second-order valence-corrected chi connectivity index (χ2v) is 13.6. The van der Waals surface area contributed by atoms with Crippen LogP contribution in [0.1, 0.15) is 0 Å². The molecule has 0 aliphatic carbocycles. The van der Waals surface area contributed by atoms with Crippen molar-refractivity contribution in [2.75, 3.05) is 0 Å². The molecule has 246 valence electrons. The Morgan fingerprint density at radius 2 is 0.868 bits per heavy atom.